The highest BCUT2D eigenvalue weighted by molar-refractivity contribution is 7.09. The predicted octanol–water partition coefficient (Wildman–Crippen LogP) is 2.60. The lowest BCUT2D eigenvalue weighted by Gasteiger charge is -2.27. The second-order valence-electron chi connectivity index (χ2n) is 5.40. The van der Waals surface area contributed by atoms with E-state index in [2.05, 4.69) is 15.6 Å². The standard InChI is InChI=1S/C15H20N4O2S/c1-5-15(3,13-16-10(2)9-22-13)18-14(21)17-11-7-6-8-19(4)12(11)20/h6-9H,5H2,1-4H3,(H2,17,18,21)/t15-/m1/s1. The number of hydrogen-bond acceptors (Lipinski definition) is 4. The number of urea groups is 1. The van der Waals surface area contributed by atoms with Gasteiger partial charge in [0.1, 0.15) is 10.7 Å². The van der Waals surface area contributed by atoms with Crippen molar-refractivity contribution in [3.05, 3.63) is 44.8 Å². The molecule has 0 bridgehead atoms. The van der Waals surface area contributed by atoms with Crippen LogP contribution in [0.3, 0.4) is 0 Å². The molecular formula is C15H20N4O2S. The van der Waals surface area contributed by atoms with Crippen LogP contribution >= 0.6 is 11.3 Å². The monoisotopic (exact) mass is 320 g/mol. The topological polar surface area (TPSA) is 76.0 Å². The van der Waals surface area contributed by atoms with Crippen molar-refractivity contribution >= 4 is 23.1 Å². The van der Waals surface area contributed by atoms with E-state index in [9.17, 15) is 9.59 Å². The molecule has 22 heavy (non-hydrogen) atoms. The Labute approximate surface area is 133 Å². The van der Waals surface area contributed by atoms with Crippen molar-refractivity contribution in [3.8, 4) is 0 Å². The van der Waals surface area contributed by atoms with E-state index < -0.39 is 11.6 Å². The average Bonchev–Trinajstić information content (AvgIpc) is 2.91. The number of nitrogens with one attached hydrogen (secondary N) is 2. The van der Waals surface area contributed by atoms with Crippen LogP contribution in [-0.2, 0) is 12.6 Å². The van der Waals surface area contributed by atoms with Gasteiger partial charge in [0.15, 0.2) is 0 Å². The lowest BCUT2D eigenvalue weighted by Crippen LogP contribution is -2.45. The molecule has 0 radical (unpaired) electrons. The molecule has 0 fully saturated rings. The van der Waals surface area contributed by atoms with E-state index in [4.69, 9.17) is 0 Å². The summed E-state index contributed by atoms with van der Waals surface area (Å²) in [5.41, 5.74) is 0.360. The molecule has 2 aromatic heterocycles. The normalized spacial score (nSPS) is 13.5. The zero-order valence-corrected chi connectivity index (χ0v) is 14.0. The van der Waals surface area contributed by atoms with Gasteiger partial charge in [-0.3, -0.25) is 4.79 Å². The molecule has 2 N–H and O–H groups in total. The molecule has 2 amide bonds. The summed E-state index contributed by atoms with van der Waals surface area (Å²) in [5.74, 6) is 0. The van der Waals surface area contributed by atoms with E-state index in [0.29, 0.717) is 6.42 Å². The number of anilines is 1. The molecule has 2 rings (SSSR count). The van der Waals surface area contributed by atoms with Gasteiger partial charge < -0.3 is 15.2 Å². The summed E-state index contributed by atoms with van der Waals surface area (Å²) < 4.78 is 1.42. The molecule has 0 spiro atoms. The number of rotatable bonds is 4. The lowest BCUT2D eigenvalue weighted by molar-refractivity contribution is 0.237. The third-order valence-electron chi connectivity index (χ3n) is 3.56. The predicted molar refractivity (Wildman–Crippen MR) is 88.3 cm³/mol. The van der Waals surface area contributed by atoms with Crippen LogP contribution in [-0.4, -0.2) is 15.6 Å². The maximum atomic E-state index is 12.2. The highest BCUT2D eigenvalue weighted by Gasteiger charge is 2.29. The molecule has 0 saturated carbocycles. The number of pyridine rings is 1. The zero-order valence-electron chi connectivity index (χ0n) is 13.1. The summed E-state index contributed by atoms with van der Waals surface area (Å²) in [6, 6.07) is 2.87. The van der Waals surface area contributed by atoms with Gasteiger partial charge in [-0.05, 0) is 32.4 Å². The first kappa shape index (κ1) is 16.2. The number of aryl methyl sites for hydroxylation is 2. The van der Waals surface area contributed by atoms with Crippen LogP contribution in [0.15, 0.2) is 28.5 Å². The molecule has 7 heteroatoms. The van der Waals surface area contributed by atoms with Crippen molar-refractivity contribution in [1.29, 1.82) is 0 Å². The Morgan fingerprint density at radius 2 is 2.23 bits per heavy atom. The maximum Gasteiger partial charge on any atom is 0.320 e. The number of thiazole rings is 1. The van der Waals surface area contributed by atoms with Crippen molar-refractivity contribution in [1.82, 2.24) is 14.9 Å². The largest absolute Gasteiger partial charge is 0.326 e. The third kappa shape index (κ3) is 3.36. The Kier molecular flexibility index (Phi) is 4.65. The van der Waals surface area contributed by atoms with Crippen LogP contribution in [0.1, 0.15) is 31.0 Å². The minimum Gasteiger partial charge on any atom is -0.326 e. The van der Waals surface area contributed by atoms with Crippen LogP contribution < -0.4 is 16.2 Å². The van der Waals surface area contributed by atoms with Crippen LogP contribution in [0.25, 0.3) is 0 Å². The van der Waals surface area contributed by atoms with Gasteiger partial charge in [0, 0.05) is 24.3 Å². The summed E-state index contributed by atoms with van der Waals surface area (Å²) in [5, 5.41) is 8.33. The molecule has 0 saturated heterocycles. The second kappa shape index (κ2) is 6.31. The molecule has 0 aliphatic heterocycles. The molecule has 118 valence electrons. The van der Waals surface area contributed by atoms with Gasteiger partial charge in [-0.25, -0.2) is 9.78 Å². The summed E-state index contributed by atoms with van der Waals surface area (Å²) >= 11 is 1.52. The molecule has 0 aromatic carbocycles. The summed E-state index contributed by atoms with van der Waals surface area (Å²) in [4.78, 5) is 28.6. The first-order chi connectivity index (χ1) is 10.4. The van der Waals surface area contributed by atoms with Gasteiger partial charge >= 0.3 is 6.03 Å². The van der Waals surface area contributed by atoms with Crippen molar-refractivity contribution in [3.63, 3.8) is 0 Å². The molecular weight excluding hydrogens is 300 g/mol. The number of carbonyl (C=O) groups excluding carboxylic acids is 1. The van der Waals surface area contributed by atoms with Gasteiger partial charge in [-0.15, -0.1) is 11.3 Å². The van der Waals surface area contributed by atoms with Crippen LogP contribution in [0.4, 0.5) is 10.5 Å². The van der Waals surface area contributed by atoms with Gasteiger partial charge in [0.25, 0.3) is 5.56 Å². The highest BCUT2D eigenvalue weighted by Crippen LogP contribution is 2.27. The van der Waals surface area contributed by atoms with E-state index in [0.717, 1.165) is 10.7 Å². The molecule has 6 nitrogen and oxygen atoms in total. The molecule has 0 aliphatic carbocycles. The van der Waals surface area contributed by atoms with Crippen molar-refractivity contribution in [2.45, 2.75) is 32.7 Å². The average molecular weight is 320 g/mol. The Morgan fingerprint density at radius 3 is 2.82 bits per heavy atom. The first-order valence-corrected chi connectivity index (χ1v) is 7.91. The first-order valence-electron chi connectivity index (χ1n) is 7.03. The number of amides is 2. The van der Waals surface area contributed by atoms with Gasteiger partial charge in [-0.2, -0.15) is 0 Å². The van der Waals surface area contributed by atoms with E-state index in [1.54, 1.807) is 25.4 Å². The van der Waals surface area contributed by atoms with Crippen LogP contribution in [0.2, 0.25) is 0 Å². The molecule has 2 aromatic rings. The minimum absolute atomic E-state index is 0.247. The fourth-order valence-electron chi connectivity index (χ4n) is 2.00. The van der Waals surface area contributed by atoms with E-state index in [1.807, 2.05) is 26.2 Å². The number of aromatic nitrogens is 2. The highest BCUT2D eigenvalue weighted by atomic mass is 32.1. The Balaban J connectivity index is 2.16. The van der Waals surface area contributed by atoms with Crippen molar-refractivity contribution in [2.75, 3.05) is 5.32 Å². The smallest absolute Gasteiger partial charge is 0.320 e. The Hall–Kier alpha value is -2.15. The summed E-state index contributed by atoms with van der Waals surface area (Å²) in [7, 11) is 1.64. The second-order valence-corrected chi connectivity index (χ2v) is 6.25. The van der Waals surface area contributed by atoms with Gasteiger partial charge in [0.05, 0.1) is 5.54 Å². The van der Waals surface area contributed by atoms with Crippen molar-refractivity contribution in [2.24, 2.45) is 7.05 Å². The van der Waals surface area contributed by atoms with Crippen LogP contribution in [0.5, 0.6) is 0 Å². The quantitative estimate of drug-likeness (QED) is 0.909. The fourth-order valence-corrected chi connectivity index (χ4v) is 2.98. The lowest BCUT2D eigenvalue weighted by atomic mass is 10.0. The number of nitrogens with zero attached hydrogens (tertiary/aromatic N) is 2. The zero-order chi connectivity index (χ0) is 16.3. The molecule has 2 heterocycles. The Morgan fingerprint density at radius 1 is 1.50 bits per heavy atom. The van der Waals surface area contributed by atoms with Gasteiger partial charge in [-0.1, -0.05) is 6.92 Å². The van der Waals surface area contributed by atoms with Gasteiger partial charge in [0.2, 0.25) is 0 Å². The third-order valence-corrected chi connectivity index (χ3v) is 4.78. The maximum absolute atomic E-state index is 12.2. The minimum atomic E-state index is -0.566. The SMILES string of the molecule is CC[C@@](C)(NC(=O)Nc1cccn(C)c1=O)c1nc(C)cs1. The molecule has 1 atom stereocenters. The van der Waals surface area contributed by atoms with E-state index >= 15 is 0 Å². The Bertz CT molecular complexity index is 737. The molecule has 0 unspecified atom stereocenters. The number of carbonyl (C=O) groups is 1. The van der Waals surface area contributed by atoms with E-state index in [1.165, 1.54) is 15.9 Å². The number of hydrogen-bond donors (Lipinski definition) is 2. The van der Waals surface area contributed by atoms with Crippen LogP contribution in [0, 0.1) is 6.92 Å². The fraction of sp³-hybridized carbons (Fsp3) is 0.400. The van der Waals surface area contributed by atoms with E-state index in [-0.39, 0.29) is 11.2 Å². The summed E-state index contributed by atoms with van der Waals surface area (Å²) in [6.07, 6.45) is 2.33. The summed E-state index contributed by atoms with van der Waals surface area (Å²) in [6.45, 7) is 5.83. The molecule has 0 aliphatic rings. The van der Waals surface area contributed by atoms with Crippen molar-refractivity contribution < 1.29 is 4.79 Å².